The van der Waals surface area contributed by atoms with Crippen molar-refractivity contribution in [3.8, 4) is 0 Å². The average molecular weight is 389 g/mol. The second kappa shape index (κ2) is 6.40. The van der Waals surface area contributed by atoms with Gasteiger partial charge in [0, 0.05) is 39.1 Å². The van der Waals surface area contributed by atoms with E-state index in [1.807, 2.05) is 32.2 Å². The molecule has 3 rings (SSSR count). The Morgan fingerprint density at radius 1 is 1.25 bits per heavy atom. The zero-order valence-corrected chi connectivity index (χ0v) is 15.1. The Hall–Kier alpha value is -2.14. The number of hydrogen-bond donors (Lipinski definition) is 2. The van der Waals surface area contributed by atoms with Gasteiger partial charge in [-0.05, 0) is 42.0 Å². The summed E-state index contributed by atoms with van der Waals surface area (Å²) in [5.41, 5.74) is 2.13. The van der Waals surface area contributed by atoms with Gasteiger partial charge in [0.25, 0.3) is 5.91 Å². The number of carbonyl (C=O) groups excluding carboxylic acids is 1. The summed E-state index contributed by atoms with van der Waals surface area (Å²) in [6, 6.07) is 11.9. The third kappa shape index (κ3) is 3.36. The molecule has 0 bridgehead atoms. The predicted octanol–water partition coefficient (Wildman–Crippen LogP) is 4.78. The topological polar surface area (TPSA) is 44.9 Å². The predicted molar refractivity (Wildman–Crippen MR) is 97.8 cm³/mol. The van der Waals surface area contributed by atoms with Crippen molar-refractivity contribution in [3.05, 3.63) is 70.1 Å². The summed E-state index contributed by atoms with van der Waals surface area (Å²) in [5, 5.41) is 3.81. The van der Waals surface area contributed by atoms with Crippen LogP contribution < -0.4 is 5.32 Å². The van der Waals surface area contributed by atoms with E-state index in [0.29, 0.717) is 12.1 Å². The van der Waals surface area contributed by atoms with Gasteiger partial charge in [-0.25, -0.2) is 4.39 Å². The average Bonchev–Trinajstić information content (AvgIpc) is 2.96. The van der Waals surface area contributed by atoms with Gasteiger partial charge >= 0.3 is 0 Å². The Labute approximate surface area is 148 Å². The summed E-state index contributed by atoms with van der Waals surface area (Å²) in [6.07, 6.45) is 1.88. The van der Waals surface area contributed by atoms with Crippen molar-refractivity contribution in [2.45, 2.75) is 19.3 Å². The van der Waals surface area contributed by atoms with E-state index in [4.69, 9.17) is 0 Å². The molecule has 0 aliphatic rings. The van der Waals surface area contributed by atoms with E-state index in [2.05, 4.69) is 26.2 Å². The lowest BCUT2D eigenvalue weighted by Crippen LogP contribution is -2.36. The molecule has 0 aliphatic carbocycles. The fraction of sp³-hybridized carbons (Fsp3) is 0.211. The van der Waals surface area contributed by atoms with Crippen LogP contribution in [0.1, 0.15) is 29.8 Å². The van der Waals surface area contributed by atoms with Crippen molar-refractivity contribution in [3.63, 3.8) is 0 Å². The number of fused-ring (bicyclic) bond motifs is 1. The zero-order valence-electron chi connectivity index (χ0n) is 13.5. The number of H-pyrrole nitrogens is 1. The molecular formula is C19H18BrFN2O. The molecule has 1 heterocycles. The van der Waals surface area contributed by atoms with Crippen LogP contribution in [-0.4, -0.2) is 17.4 Å². The van der Waals surface area contributed by atoms with Gasteiger partial charge in [0.05, 0.1) is 0 Å². The third-order valence-electron chi connectivity index (χ3n) is 4.15. The Balaban J connectivity index is 1.80. The van der Waals surface area contributed by atoms with Crippen LogP contribution in [0.4, 0.5) is 4.39 Å². The van der Waals surface area contributed by atoms with Crippen molar-refractivity contribution >= 4 is 32.7 Å². The van der Waals surface area contributed by atoms with E-state index >= 15 is 0 Å². The van der Waals surface area contributed by atoms with Gasteiger partial charge in [-0.2, -0.15) is 0 Å². The zero-order chi connectivity index (χ0) is 17.3. The Morgan fingerprint density at radius 3 is 2.79 bits per heavy atom. The van der Waals surface area contributed by atoms with E-state index in [0.717, 1.165) is 20.9 Å². The SMILES string of the molecule is CC(C)(CNC(=O)c1cccc(Br)c1)c1c[nH]c2ccc(F)cc12. The van der Waals surface area contributed by atoms with Crippen LogP contribution in [-0.2, 0) is 5.41 Å². The van der Waals surface area contributed by atoms with Gasteiger partial charge in [-0.1, -0.05) is 35.8 Å². The molecule has 24 heavy (non-hydrogen) atoms. The largest absolute Gasteiger partial charge is 0.361 e. The maximum Gasteiger partial charge on any atom is 0.251 e. The molecule has 2 aromatic carbocycles. The molecule has 0 spiro atoms. The molecule has 0 fully saturated rings. The Morgan fingerprint density at radius 2 is 2.04 bits per heavy atom. The van der Waals surface area contributed by atoms with E-state index in [9.17, 15) is 9.18 Å². The molecule has 0 aliphatic heterocycles. The quantitative estimate of drug-likeness (QED) is 0.663. The standard InChI is InChI=1S/C19H18BrFN2O/c1-19(2,11-23-18(24)12-4-3-5-13(20)8-12)16-10-22-17-7-6-14(21)9-15(16)17/h3-10,22H,11H2,1-2H3,(H,23,24). The van der Waals surface area contributed by atoms with Gasteiger partial charge in [0.2, 0.25) is 0 Å². The lowest BCUT2D eigenvalue weighted by molar-refractivity contribution is 0.0945. The first kappa shape index (κ1) is 16.7. The van der Waals surface area contributed by atoms with Crippen molar-refractivity contribution in [1.82, 2.24) is 10.3 Å². The third-order valence-corrected chi connectivity index (χ3v) is 4.64. The first-order valence-corrected chi connectivity index (χ1v) is 8.47. The molecule has 0 atom stereocenters. The second-order valence-electron chi connectivity index (χ2n) is 6.47. The first-order chi connectivity index (χ1) is 11.4. The number of benzene rings is 2. The number of hydrogen-bond acceptors (Lipinski definition) is 1. The molecule has 3 nitrogen and oxygen atoms in total. The molecule has 5 heteroatoms. The molecule has 0 unspecified atom stereocenters. The van der Waals surface area contributed by atoms with Gasteiger partial charge in [-0.15, -0.1) is 0 Å². The number of rotatable bonds is 4. The normalized spacial score (nSPS) is 11.7. The van der Waals surface area contributed by atoms with Gasteiger partial charge in [0.15, 0.2) is 0 Å². The van der Waals surface area contributed by atoms with Crippen molar-refractivity contribution in [1.29, 1.82) is 0 Å². The molecule has 0 radical (unpaired) electrons. The number of halogens is 2. The molecular weight excluding hydrogens is 371 g/mol. The maximum absolute atomic E-state index is 13.6. The van der Waals surface area contributed by atoms with Crippen LogP contribution in [0.3, 0.4) is 0 Å². The van der Waals surface area contributed by atoms with Crippen LogP contribution in [0.5, 0.6) is 0 Å². The Bertz CT molecular complexity index is 901. The van der Waals surface area contributed by atoms with Crippen LogP contribution in [0.2, 0.25) is 0 Å². The highest BCUT2D eigenvalue weighted by Gasteiger charge is 2.25. The number of aromatic nitrogens is 1. The van der Waals surface area contributed by atoms with Gasteiger partial charge < -0.3 is 10.3 Å². The summed E-state index contributed by atoms with van der Waals surface area (Å²) >= 11 is 3.37. The minimum absolute atomic E-state index is 0.129. The summed E-state index contributed by atoms with van der Waals surface area (Å²) in [4.78, 5) is 15.5. The molecule has 1 aromatic heterocycles. The first-order valence-electron chi connectivity index (χ1n) is 7.68. The van der Waals surface area contributed by atoms with Crippen LogP contribution in [0, 0.1) is 5.82 Å². The monoisotopic (exact) mass is 388 g/mol. The Kier molecular flexibility index (Phi) is 4.45. The number of aromatic amines is 1. The highest BCUT2D eigenvalue weighted by Crippen LogP contribution is 2.30. The minimum Gasteiger partial charge on any atom is -0.361 e. The number of amides is 1. The minimum atomic E-state index is -0.340. The number of carbonyl (C=O) groups is 1. The van der Waals surface area contributed by atoms with Crippen molar-refractivity contribution < 1.29 is 9.18 Å². The molecule has 0 saturated carbocycles. The smallest absolute Gasteiger partial charge is 0.251 e. The highest BCUT2D eigenvalue weighted by molar-refractivity contribution is 9.10. The molecule has 2 N–H and O–H groups in total. The lowest BCUT2D eigenvalue weighted by atomic mass is 9.84. The maximum atomic E-state index is 13.6. The number of nitrogens with one attached hydrogen (secondary N) is 2. The van der Waals surface area contributed by atoms with Crippen LogP contribution in [0.15, 0.2) is 53.1 Å². The molecule has 3 aromatic rings. The van der Waals surface area contributed by atoms with E-state index in [1.165, 1.54) is 12.1 Å². The van der Waals surface area contributed by atoms with E-state index < -0.39 is 0 Å². The second-order valence-corrected chi connectivity index (χ2v) is 7.38. The van der Waals surface area contributed by atoms with Crippen LogP contribution in [0.25, 0.3) is 10.9 Å². The van der Waals surface area contributed by atoms with Gasteiger partial charge in [0.1, 0.15) is 5.82 Å². The van der Waals surface area contributed by atoms with Gasteiger partial charge in [-0.3, -0.25) is 4.79 Å². The summed E-state index contributed by atoms with van der Waals surface area (Å²) in [5.74, 6) is -0.396. The van der Waals surface area contributed by atoms with Crippen molar-refractivity contribution in [2.75, 3.05) is 6.54 Å². The molecule has 1 amide bonds. The van der Waals surface area contributed by atoms with E-state index in [-0.39, 0.29) is 17.1 Å². The summed E-state index contributed by atoms with van der Waals surface area (Å²) < 4.78 is 14.4. The molecule has 0 saturated heterocycles. The van der Waals surface area contributed by atoms with Crippen molar-refractivity contribution in [2.24, 2.45) is 0 Å². The highest BCUT2D eigenvalue weighted by atomic mass is 79.9. The summed E-state index contributed by atoms with van der Waals surface area (Å²) in [7, 11) is 0. The fourth-order valence-electron chi connectivity index (χ4n) is 2.78. The lowest BCUT2D eigenvalue weighted by Gasteiger charge is -2.25. The molecule has 124 valence electrons. The fourth-order valence-corrected chi connectivity index (χ4v) is 3.18. The van der Waals surface area contributed by atoms with E-state index in [1.54, 1.807) is 18.2 Å². The van der Waals surface area contributed by atoms with Crippen LogP contribution >= 0.6 is 15.9 Å². The summed E-state index contributed by atoms with van der Waals surface area (Å²) in [6.45, 7) is 4.51.